The third-order valence-corrected chi connectivity index (χ3v) is 3.89. The lowest BCUT2D eigenvalue weighted by molar-refractivity contribution is -0.148. The molecule has 2 heteroatoms. The van der Waals surface area contributed by atoms with E-state index in [0.717, 1.165) is 5.75 Å². The molecule has 92 valence electrons. The van der Waals surface area contributed by atoms with Crippen LogP contribution in [0.15, 0.2) is 42.5 Å². The van der Waals surface area contributed by atoms with Crippen molar-refractivity contribution >= 4 is 16.6 Å². The van der Waals surface area contributed by atoms with Crippen LogP contribution in [-0.2, 0) is 4.79 Å². The minimum absolute atomic E-state index is 0.00571. The van der Waals surface area contributed by atoms with E-state index < -0.39 is 0 Å². The Morgan fingerprint density at radius 2 is 1.83 bits per heavy atom. The molecule has 0 amide bonds. The first-order valence-corrected chi connectivity index (χ1v) is 6.26. The van der Waals surface area contributed by atoms with Gasteiger partial charge in [-0.15, -0.1) is 0 Å². The van der Waals surface area contributed by atoms with Crippen molar-refractivity contribution in [1.82, 2.24) is 0 Å². The molecular formula is C16H16O2. The minimum Gasteiger partial charge on any atom is -0.489 e. The summed E-state index contributed by atoms with van der Waals surface area (Å²) in [5, 5.41) is 2.37. The Labute approximate surface area is 107 Å². The normalized spacial score (nSPS) is 21.7. The highest BCUT2D eigenvalue weighted by Crippen LogP contribution is 2.39. The molecule has 1 atom stereocenters. The second-order valence-corrected chi connectivity index (χ2v) is 5.46. The van der Waals surface area contributed by atoms with Gasteiger partial charge in [-0.25, -0.2) is 0 Å². The van der Waals surface area contributed by atoms with Gasteiger partial charge >= 0.3 is 0 Å². The van der Waals surface area contributed by atoms with E-state index in [1.165, 1.54) is 10.8 Å². The summed E-state index contributed by atoms with van der Waals surface area (Å²) in [5.41, 5.74) is -0.342. The Morgan fingerprint density at radius 3 is 2.50 bits per heavy atom. The van der Waals surface area contributed by atoms with E-state index in [0.29, 0.717) is 6.42 Å². The molecule has 2 aromatic carbocycles. The van der Waals surface area contributed by atoms with Crippen molar-refractivity contribution in [1.29, 1.82) is 0 Å². The van der Waals surface area contributed by atoms with Gasteiger partial charge in [0.2, 0.25) is 0 Å². The molecule has 0 N–H and O–H groups in total. The Kier molecular flexibility index (Phi) is 2.40. The first-order chi connectivity index (χ1) is 8.57. The summed E-state index contributed by atoms with van der Waals surface area (Å²) in [7, 11) is 0. The predicted octanol–water partition coefficient (Wildman–Crippen LogP) is 3.59. The number of fused-ring (bicyclic) bond motifs is 1. The van der Waals surface area contributed by atoms with Gasteiger partial charge in [0.1, 0.15) is 17.6 Å². The van der Waals surface area contributed by atoms with Crippen molar-refractivity contribution in [2.45, 2.75) is 26.4 Å². The Bertz CT molecular complexity index is 613. The Balaban J connectivity index is 1.86. The van der Waals surface area contributed by atoms with Gasteiger partial charge in [0.25, 0.3) is 0 Å². The number of ketones is 1. The zero-order valence-electron chi connectivity index (χ0n) is 10.6. The van der Waals surface area contributed by atoms with Crippen molar-refractivity contribution in [2.24, 2.45) is 5.41 Å². The van der Waals surface area contributed by atoms with Crippen molar-refractivity contribution < 1.29 is 9.53 Å². The molecule has 0 saturated heterocycles. The minimum atomic E-state index is -0.342. The van der Waals surface area contributed by atoms with E-state index in [1.807, 2.05) is 38.1 Å². The molecule has 1 unspecified atom stereocenters. The zero-order chi connectivity index (χ0) is 12.8. The van der Waals surface area contributed by atoms with Crippen LogP contribution in [0.2, 0.25) is 0 Å². The van der Waals surface area contributed by atoms with Gasteiger partial charge < -0.3 is 4.74 Å². The second kappa shape index (κ2) is 3.84. The lowest BCUT2D eigenvalue weighted by Crippen LogP contribution is -2.52. The van der Waals surface area contributed by atoms with E-state index in [-0.39, 0.29) is 17.3 Å². The van der Waals surface area contributed by atoms with E-state index in [4.69, 9.17) is 4.74 Å². The fourth-order valence-electron chi connectivity index (χ4n) is 2.33. The van der Waals surface area contributed by atoms with Crippen LogP contribution in [-0.4, -0.2) is 11.9 Å². The molecule has 2 aromatic rings. The van der Waals surface area contributed by atoms with Gasteiger partial charge in [0, 0.05) is 6.42 Å². The summed E-state index contributed by atoms with van der Waals surface area (Å²) in [5.74, 6) is 1.13. The quantitative estimate of drug-likeness (QED) is 0.802. The molecule has 1 aliphatic rings. The highest BCUT2D eigenvalue weighted by Gasteiger charge is 2.49. The van der Waals surface area contributed by atoms with Gasteiger partial charge in [-0.2, -0.15) is 0 Å². The highest BCUT2D eigenvalue weighted by molar-refractivity contribution is 5.91. The number of ether oxygens (including phenoxy) is 1. The Hall–Kier alpha value is -1.83. The highest BCUT2D eigenvalue weighted by atomic mass is 16.5. The lowest BCUT2D eigenvalue weighted by Gasteiger charge is -2.41. The summed E-state index contributed by atoms with van der Waals surface area (Å²) in [6.07, 6.45) is 0.533. The number of Topliss-reactive ketones (excluding diaryl/α,β-unsaturated/α-hetero) is 1. The predicted molar refractivity (Wildman–Crippen MR) is 71.8 cm³/mol. The number of carbonyl (C=O) groups is 1. The van der Waals surface area contributed by atoms with E-state index in [2.05, 4.69) is 18.2 Å². The summed E-state index contributed by atoms with van der Waals surface area (Å²) in [6.45, 7) is 3.90. The van der Waals surface area contributed by atoms with Gasteiger partial charge in [-0.3, -0.25) is 4.79 Å². The number of carbonyl (C=O) groups excluding carboxylic acids is 1. The molecular weight excluding hydrogens is 224 g/mol. The fraction of sp³-hybridized carbons (Fsp3) is 0.312. The summed E-state index contributed by atoms with van der Waals surface area (Å²) >= 11 is 0. The summed E-state index contributed by atoms with van der Waals surface area (Å²) in [4.78, 5) is 11.5. The van der Waals surface area contributed by atoms with Gasteiger partial charge in [0.05, 0.1) is 5.41 Å². The summed E-state index contributed by atoms with van der Waals surface area (Å²) in [6, 6.07) is 14.3. The monoisotopic (exact) mass is 240 g/mol. The lowest BCUT2D eigenvalue weighted by atomic mass is 9.68. The number of hydrogen-bond donors (Lipinski definition) is 0. The van der Waals surface area contributed by atoms with E-state index >= 15 is 0 Å². The van der Waals surface area contributed by atoms with Gasteiger partial charge in [-0.1, -0.05) is 30.3 Å². The number of benzene rings is 2. The van der Waals surface area contributed by atoms with Crippen molar-refractivity contribution in [3.63, 3.8) is 0 Å². The molecule has 0 radical (unpaired) electrons. The third-order valence-electron chi connectivity index (χ3n) is 3.89. The molecule has 1 aliphatic carbocycles. The molecule has 0 bridgehead atoms. The molecule has 3 rings (SSSR count). The second-order valence-electron chi connectivity index (χ2n) is 5.46. The maximum absolute atomic E-state index is 11.5. The molecule has 18 heavy (non-hydrogen) atoms. The van der Waals surface area contributed by atoms with Crippen LogP contribution in [0.4, 0.5) is 0 Å². The van der Waals surface area contributed by atoms with Crippen LogP contribution in [0.25, 0.3) is 10.8 Å². The van der Waals surface area contributed by atoms with Crippen LogP contribution in [0.5, 0.6) is 5.75 Å². The summed E-state index contributed by atoms with van der Waals surface area (Å²) < 4.78 is 5.92. The van der Waals surface area contributed by atoms with Crippen LogP contribution in [0.1, 0.15) is 20.3 Å². The van der Waals surface area contributed by atoms with Gasteiger partial charge in [-0.05, 0) is 36.8 Å². The molecule has 0 heterocycles. The standard InChI is InChI=1S/C16H16O2/c1-16(2)14(17)10-15(16)18-13-8-7-11-5-3-4-6-12(11)9-13/h3-9,15H,10H2,1-2H3. The zero-order valence-corrected chi connectivity index (χ0v) is 10.6. The first kappa shape index (κ1) is 11.3. The molecule has 0 aliphatic heterocycles. The van der Waals surface area contributed by atoms with Crippen molar-refractivity contribution in [3.05, 3.63) is 42.5 Å². The van der Waals surface area contributed by atoms with Crippen molar-refractivity contribution in [2.75, 3.05) is 0 Å². The number of rotatable bonds is 2. The van der Waals surface area contributed by atoms with Crippen LogP contribution in [0, 0.1) is 5.41 Å². The Morgan fingerprint density at radius 1 is 1.11 bits per heavy atom. The maximum atomic E-state index is 11.5. The average molecular weight is 240 g/mol. The third kappa shape index (κ3) is 1.69. The van der Waals surface area contributed by atoms with Gasteiger partial charge in [0.15, 0.2) is 0 Å². The van der Waals surface area contributed by atoms with Crippen LogP contribution in [0.3, 0.4) is 0 Å². The maximum Gasteiger partial charge on any atom is 0.145 e. The number of hydrogen-bond acceptors (Lipinski definition) is 2. The SMILES string of the molecule is CC1(C)C(=O)CC1Oc1ccc2ccccc2c1. The largest absolute Gasteiger partial charge is 0.489 e. The molecule has 1 fully saturated rings. The molecule has 0 spiro atoms. The average Bonchev–Trinajstić information content (AvgIpc) is 2.38. The van der Waals surface area contributed by atoms with Crippen LogP contribution >= 0.6 is 0 Å². The van der Waals surface area contributed by atoms with E-state index in [1.54, 1.807) is 0 Å². The van der Waals surface area contributed by atoms with Crippen LogP contribution < -0.4 is 4.74 Å². The topological polar surface area (TPSA) is 26.3 Å². The van der Waals surface area contributed by atoms with E-state index in [9.17, 15) is 4.79 Å². The van der Waals surface area contributed by atoms with Crippen molar-refractivity contribution in [3.8, 4) is 5.75 Å². The first-order valence-electron chi connectivity index (χ1n) is 6.26. The molecule has 1 saturated carbocycles. The smallest absolute Gasteiger partial charge is 0.145 e. The fourth-order valence-corrected chi connectivity index (χ4v) is 2.33. The molecule has 0 aromatic heterocycles. The molecule has 2 nitrogen and oxygen atoms in total.